The quantitative estimate of drug-likeness (QED) is 0.386. The molecule has 0 aliphatic heterocycles. The number of nitrogens with zero attached hydrogens (tertiary/aromatic N) is 5. The summed E-state index contributed by atoms with van der Waals surface area (Å²) in [4.78, 5) is 26.1. The van der Waals surface area contributed by atoms with Crippen molar-refractivity contribution < 1.29 is 4.79 Å². The standard InChI is InChI=1S/C23H26N6OS3/c1-3-17-25-21-19(13-9-8-12(2)10-16(13)32-21)20-27-28-23(29(17)20)31-11-18(30)26-22-24-14-6-4-5-7-15(14)33-22/h12H,3-11H2,1-2H3,(H,24,26,30). The molecule has 0 bridgehead atoms. The van der Waals surface area contributed by atoms with Crippen LogP contribution in [0.4, 0.5) is 5.13 Å². The summed E-state index contributed by atoms with van der Waals surface area (Å²) in [5.74, 6) is 1.88. The molecule has 1 unspecified atom stereocenters. The van der Waals surface area contributed by atoms with Crippen LogP contribution >= 0.6 is 34.4 Å². The van der Waals surface area contributed by atoms with Crippen LogP contribution in [-0.2, 0) is 36.9 Å². The molecule has 33 heavy (non-hydrogen) atoms. The molecule has 1 amide bonds. The highest BCUT2D eigenvalue weighted by molar-refractivity contribution is 7.99. The van der Waals surface area contributed by atoms with E-state index in [1.54, 1.807) is 11.3 Å². The van der Waals surface area contributed by atoms with Gasteiger partial charge in [-0.15, -0.1) is 32.9 Å². The molecule has 0 fully saturated rings. The number of thioether (sulfide) groups is 1. The number of hydrogen-bond acceptors (Lipinski definition) is 8. The Morgan fingerprint density at radius 3 is 2.88 bits per heavy atom. The van der Waals surface area contributed by atoms with E-state index < -0.39 is 0 Å². The first-order valence-electron chi connectivity index (χ1n) is 11.7. The van der Waals surface area contributed by atoms with E-state index in [0.717, 1.165) is 75.7 Å². The van der Waals surface area contributed by atoms with Gasteiger partial charge in [0.25, 0.3) is 0 Å². The van der Waals surface area contributed by atoms with Crippen molar-refractivity contribution in [2.24, 2.45) is 5.92 Å². The number of carbonyl (C=O) groups excluding carboxylic acids is 1. The van der Waals surface area contributed by atoms with Crippen LogP contribution in [0.1, 0.15) is 59.9 Å². The lowest BCUT2D eigenvalue weighted by atomic mass is 9.89. The van der Waals surface area contributed by atoms with Crippen LogP contribution in [0.25, 0.3) is 15.9 Å². The summed E-state index contributed by atoms with van der Waals surface area (Å²) in [6, 6.07) is 0. The summed E-state index contributed by atoms with van der Waals surface area (Å²) in [7, 11) is 0. The normalized spacial score (nSPS) is 17.9. The fraction of sp³-hybridized carbons (Fsp3) is 0.522. The molecule has 2 aliphatic rings. The number of amides is 1. The number of rotatable bonds is 5. The Balaban J connectivity index is 1.26. The van der Waals surface area contributed by atoms with Gasteiger partial charge in [-0.2, -0.15) is 0 Å². The zero-order valence-corrected chi connectivity index (χ0v) is 21.3. The number of fused-ring (bicyclic) bond motifs is 6. The fourth-order valence-electron chi connectivity index (χ4n) is 4.90. The van der Waals surface area contributed by atoms with Gasteiger partial charge in [-0.3, -0.25) is 9.20 Å². The third-order valence-corrected chi connectivity index (χ3v) is 9.73. The van der Waals surface area contributed by atoms with Crippen molar-refractivity contribution in [3.8, 4) is 0 Å². The van der Waals surface area contributed by atoms with Crippen molar-refractivity contribution in [3.63, 3.8) is 0 Å². The van der Waals surface area contributed by atoms with Gasteiger partial charge in [-0.25, -0.2) is 9.97 Å². The minimum Gasteiger partial charge on any atom is -0.301 e. The number of aromatic nitrogens is 5. The second-order valence-electron chi connectivity index (χ2n) is 8.99. The Kier molecular flexibility index (Phi) is 5.62. The molecular formula is C23H26N6OS3. The van der Waals surface area contributed by atoms with Crippen LogP contribution in [0.3, 0.4) is 0 Å². The number of thiophene rings is 1. The molecule has 4 heterocycles. The predicted octanol–water partition coefficient (Wildman–Crippen LogP) is 5.09. The van der Waals surface area contributed by atoms with Crippen molar-refractivity contribution in [1.29, 1.82) is 0 Å². The second kappa shape index (κ2) is 8.63. The van der Waals surface area contributed by atoms with E-state index in [2.05, 4.69) is 38.7 Å². The van der Waals surface area contributed by atoms with Gasteiger partial charge in [0.2, 0.25) is 5.91 Å². The summed E-state index contributed by atoms with van der Waals surface area (Å²) < 4.78 is 2.06. The van der Waals surface area contributed by atoms with Crippen LogP contribution in [0.15, 0.2) is 5.16 Å². The summed E-state index contributed by atoms with van der Waals surface area (Å²) in [5.41, 5.74) is 3.45. The van der Waals surface area contributed by atoms with Gasteiger partial charge in [-0.1, -0.05) is 25.6 Å². The number of aryl methyl sites for hydroxylation is 4. The van der Waals surface area contributed by atoms with Gasteiger partial charge < -0.3 is 5.32 Å². The highest BCUT2D eigenvalue weighted by atomic mass is 32.2. The second-order valence-corrected chi connectivity index (χ2v) is 12.1. The molecular weight excluding hydrogens is 472 g/mol. The van der Waals surface area contributed by atoms with Crippen molar-refractivity contribution in [1.82, 2.24) is 24.6 Å². The molecule has 7 nitrogen and oxygen atoms in total. The first-order chi connectivity index (χ1) is 16.1. The number of hydrogen-bond donors (Lipinski definition) is 1. The van der Waals surface area contributed by atoms with Crippen LogP contribution in [-0.4, -0.2) is 36.2 Å². The smallest absolute Gasteiger partial charge is 0.236 e. The third-order valence-electron chi connectivity index (χ3n) is 6.58. The van der Waals surface area contributed by atoms with E-state index in [1.165, 1.54) is 46.3 Å². The first-order valence-corrected chi connectivity index (χ1v) is 14.3. The number of nitrogens with one attached hydrogen (secondary N) is 1. The van der Waals surface area contributed by atoms with E-state index in [0.29, 0.717) is 0 Å². The Bertz CT molecular complexity index is 1350. The Morgan fingerprint density at radius 2 is 2.03 bits per heavy atom. The zero-order chi connectivity index (χ0) is 22.5. The molecule has 0 aromatic carbocycles. The molecule has 0 saturated heterocycles. The summed E-state index contributed by atoms with van der Waals surface area (Å²) in [6.07, 6.45) is 8.70. The van der Waals surface area contributed by atoms with E-state index in [-0.39, 0.29) is 11.7 Å². The molecule has 2 aliphatic carbocycles. The number of anilines is 1. The maximum atomic E-state index is 12.7. The summed E-state index contributed by atoms with van der Waals surface area (Å²) in [6.45, 7) is 4.43. The summed E-state index contributed by atoms with van der Waals surface area (Å²) in [5, 5.41) is 14.7. The first kappa shape index (κ1) is 21.5. The lowest BCUT2D eigenvalue weighted by Gasteiger charge is -2.17. The lowest BCUT2D eigenvalue weighted by Crippen LogP contribution is -2.14. The Hall–Kier alpha value is -2.04. The molecule has 0 saturated carbocycles. The van der Waals surface area contributed by atoms with Crippen LogP contribution in [0, 0.1) is 5.92 Å². The Labute approximate surface area is 204 Å². The van der Waals surface area contributed by atoms with Gasteiger partial charge in [0.05, 0.1) is 16.8 Å². The monoisotopic (exact) mass is 498 g/mol. The maximum absolute atomic E-state index is 12.7. The maximum Gasteiger partial charge on any atom is 0.236 e. The molecule has 6 rings (SSSR count). The van der Waals surface area contributed by atoms with Gasteiger partial charge in [-0.05, 0) is 56.4 Å². The van der Waals surface area contributed by atoms with Crippen molar-refractivity contribution in [2.75, 3.05) is 11.1 Å². The highest BCUT2D eigenvalue weighted by Crippen LogP contribution is 2.39. The van der Waals surface area contributed by atoms with E-state index in [1.807, 2.05) is 11.3 Å². The molecule has 172 valence electrons. The fourth-order valence-corrected chi connectivity index (χ4v) is 8.11. The van der Waals surface area contributed by atoms with Gasteiger partial charge >= 0.3 is 0 Å². The minimum atomic E-state index is -0.0585. The molecule has 1 N–H and O–H groups in total. The van der Waals surface area contributed by atoms with Crippen LogP contribution in [0.5, 0.6) is 0 Å². The molecule has 1 atom stereocenters. The van der Waals surface area contributed by atoms with Crippen LogP contribution in [0.2, 0.25) is 0 Å². The van der Waals surface area contributed by atoms with Crippen molar-refractivity contribution in [3.05, 3.63) is 26.8 Å². The third kappa shape index (κ3) is 3.85. The SMILES string of the molecule is CCc1nc2sc3c(c2c2nnc(SCC(=O)Nc4nc5c(s4)CCCC5)n12)CCC(C)C3. The topological polar surface area (TPSA) is 85.1 Å². The predicted molar refractivity (Wildman–Crippen MR) is 135 cm³/mol. The lowest BCUT2D eigenvalue weighted by molar-refractivity contribution is -0.113. The molecule has 4 aromatic heterocycles. The van der Waals surface area contributed by atoms with Crippen molar-refractivity contribution >= 4 is 61.3 Å². The summed E-state index contributed by atoms with van der Waals surface area (Å²) >= 11 is 4.85. The van der Waals surface area contributed by atoms with Gasteiger partial charge in [0, 0.05) is 16.2 Å². The van der Waals surface area contributed by atoms with Gasteiger partial charge in [0.15, 0.2) is 15.9 Å². The average molecular weight is 499 g/mol. The van der Waals surface area contributed by atoms with Crippen molar-refractivity contribution in [2.45, 2.75) is 70.4 Å². The molecule has 10 heteroatoms. The molecule has 0 spiro atoms. The Morgan fingerprint density at radius 1 is 1.15 bits per heavy atom. The van der Waals surface area contributed by atoms with E-state index in [9.17, 15) is 4.79 Å². The van der Waals surface area contributed by atoms with E-state index >= 15 is 0 Å². The minimum absolute atomic E-state index is 0.0585. The largest absolute Gasteiger partial charge is 0.301 e. The number of carbonyl (C=O) groups is 1. The van der Waals surface area contributed by atoms with E-state index in [4.69, 9.17) is 4.98 Å². The number of thiazole rings is 1. The molecule has 0 radical (unpaired) electrons. The van der Waals surface area contributed by atoms with Crippen LogP contribution < -0.4 is 5.32 Å². The highest BCUT2D eigenvalue weighted by Gasteiger charge is 2.25. The zero-order valence-electron chi connectivity index (χ0n) is 18.8. The average Bonchev–Trinajstić information content (AvgIpc) is 3.50. The molecule has 4 aromatic rings. The van der Waals surface area contributed by atoms with Gasteiger partial charge in [0.1, 0.15) is 10.7 Å².